The first-order valence-electron chi connectivity index (χ1n) is 4.79. The van der Waals surface area contributed by atoms with Crippen LogP contribution in [0, 0.1) is 0 Å². The molecule has 82 valence electrons. The number of thiocarbonyl (C=S) groups is 1. The fourth-order valence-corrected chi connectivity index (χ4v) is 1.55. The second kappa shape index (κ2) is 4.76. The quantitative estimate of drug-likeness (QED) is 0.790. The maximum atomic E-state index is 5.62. The second-order valence-corrected chi connectivity index (χ2v) is 3.68. The molecule has 0 aliphatic heterocycles. The van der Waals surface area contributed by atoms with Gasteiger partial charge in [-0.25, -0.2) is 0 Å². The molecule has 1 aromatic carbocycles. The molecule has 0 bridgehead atoms. The van der Waals surface area contributed by atoms with Crippen LogP contribution in [0.25, 0.3) is 0 Å². The molecule has 0 unspecified atom stereocenters. The molecule has 0 saturated carbocycles. The summed E-state index contributed by atoms with van der Waals surface area (Å²) in [4.78, 5) is 0.376. The van der Waals surface area contributed by atoms with Crippen molar-refractivity contribution in [1.82, 2.24) is 5.16 Å². The standard InChI is InChI=1S/C11H11N3OS/c12-11(16)9-3-1-2-4-10(9)13-7-8-5-6-14-15-8/h1-6,13H,7H2,(H2,12,16). The van der Waals surface area contributed by atoms with Gasteiger partial charge in [0.25, 0.3) is 0 Å². The highest BCUT2D eigenvalue weighted by Gasteiger charge is 2.04. The summed E-state index contributed by atoms with van der Waals surface area (Å²) in [5.41, 5.74) is 7.34. The molecule has 0 amide bonds. The Hall–Kier alpha value is -1.88. The molecular weight excluding hydrogens is 222 g/mol. The van der Waals surface area contributed by atoms with Gasteiger partial charge in [-0.15, -0.1) is 0 Å². The first-order valence-corrected chi connectivity index (χ1v) is 5.20. The van der Waals surface area contributed by atoms with Crippen molar-refractivity contribution in [2.75, 3.05) is 5.32 Å². The Labute approximate surface area is 98.4 Å². The summed E-state index contributed by atoms with van der Waals surface area (Å²) in [6.07, 6.45) is 1.61. The smallest absolute Gasteiger partial charge is 0.155 e. The average Bonchev–Trinajstić information content (AvgIpc) is 2.79. The molecule has 0 spiro atoms. The molecule has 2 rings (SSSR count). The molecule has 5 heteroatoms. The minimum atomic E-state index is 0.376. The first-order chi connectivity index (χ1) is 7.77. The van der Waals surface area contributed by atoms with Crippen molar-refractivity contribution < 1.29 is 4.52 Å². The lowest BCUT2D eigenvalue weighted by atomic mass is 10.2. The summed E-state index contributed by atoms with van der Waals surface area (Å²) >= 11 is 4.97. The van der Waals surface area contributed by atoms with Crippen LogP contribution in [0.2, 0.25) is 0 Å². The highest BCUT2D eigenvalue weighted by Crippen LogP contribution is 2.15. The molecule has 0 aliphatic rings. The van der Waals surface area contributed by atoms with E-state index >= 15 is 0 Å². The van der Waals surface area contributed by atoms with Gasteiger partial charge in [0.15, 0.2) is 5.76 Å². The number of nitrogens with two attached hydrogens (primary N) is 1. The van der Waals surface area contributed by atoms with Gasteiger partial charge in [-0.1, -0.05) is 29.5 Å². The molecule has 4 nitrogen and oxygen atoms in total. The summed E-state index contributed by atoms with van der Waals surface area (Å²) in [6.45, 7) is 0.555. The van der Waals surface area contributed by atoms with Gasteiger partial charge < -0.3 is 15.6 Å². The van der Waals surface area contributed by atoms with Crippen LogP contribution < -0.4 is 11.1 Å². The van der Waals surface area contributed by atoms with Gasteiger partial charge in [-0.2, -0.15) is 0 Å². The number of nitrogens with zero attached hydrogens (tertiary/aromatic N) is 1. The van der Waals surface area contributed by atoms with Crippen molar-refractivity contribution in [3.63, 3.8) is 0 Å². The highest BCUT2D eigenvalue weighted by molar-refractivity contribution is 7.80. The molecule has 3 N–H and O–H groups in total. The lowest BCUT2D eigenvalue weighted by molar-refractivity contribution is 0.388. The van der Waals surface area contributed by atoms with Gasteiger partial charge in [0, 0.05) is 17.3 Å². The van der Waals surface area contributed by atoms with E-state index in [-0.39, 0.29) is 0 Å². The van der Waals surface area contributed by atoms with Crippen LogP contribution in [-0.2, 0) is 6.54 Å². The lowest BCUT2D eigenvalue weighted by Gasteiger charge is -2.09. The Morgan fingerprint density at radius 2 is 2.19 bits per heavy atom. The molecule has 16 heavy (non-hydrogen) atoms. The van der Waals surface area contributed by atoms with Gasteiger partial charge in [0.1, 0.15) is 4.99 Å². The van der Waals surface area contributed by atoms with Crippen LogP contribution >= 0.6 is 12.2 Å². The number of aromatic nitrogens is 1. The lowest BCUT2D eigenvalue weighted by Crippen LogP contribution is -2.12. The van der Waals surface area contributed by atoms with Gasteiger partial charge >= 0.3 is 0 Å². The van der Waals surface area contributed by atoms with Crippen LogP contribution in [0.4, 0.5) is 5.69 Å². The fourth-order valence-electron chi connectivity index (χ4n) is 1.37. The number of rotatable bonds is 4. The van der Waals surface area contributed by atoms with E-state index in [0.29, 0.717) is 11.5 Å². The van der Waals surface area contributed by atoms with Crippen molar-refractivity contribution in [3.05, 3.63) is 47.9 Å². The van der Waals surface area contributed by atoms with Gasteiger partial charge in [-0.3, -0.25) is 0 Å². The zero-order chi connectivity index (χ0) is 11.4. The third-order valence-corrected chi connectivity index (χ3v) is 2.36. The number of anilines is 1. The third-order valence-electron chi connectivity index (χ3n) is 2.14. The number of benzene rings is 1. The predicted molar refractivity (Wildman–Crippen MR) is 66.2 cm³/mol. The second-order valence-electron chi connectivity index (χ2n) is 3.24. The Morgan fingerprint density at radius 1 is 1.38 bits per heavy atom. The SMILES string of the molecule is NC(=S)c1ccccc1NCc1ccno1. The topological polar surface area (TPSA) is 64.1 Å². The predicted octanol–water partition coefficient (Wildman–Crippen LogP) is 1.92. The van der Waals surface area contributed by atoms with Crippen molar-refractivity contribution in [2.24, 2.45) is 5.73 Å². The van der Waals surface area contributed by atoms with E-state index in [0.717, 1.165) is 17.0 Å². The average molecular weight is 233 g/mol. The van der Waals surface area contributed by atoms with Crippen LogP contribution in [0.1, 0.15) is 11.3 Å². The van der Waals surface area contributed by atoms with Gasteiger partial charge in [0.2, 0.25) is 0 Å². The molecule has 0 aliphatic carbocycles. The zero-order valence-corrected chi connectivity index (χ0v) is 9.33. The van der Waals surface area contributed by atoms with Gasteiger partial charge in [0.05, 0.1) is 12.7 Å². The molecule has 2 aromatic rings. The van der Waals surface area contributed by atoms with Crippen molar-refractivity contribution in [2.45, 2.75) is 6.54 Å². The van der Waals surface area contributed by atoms with Crippen molar-refractivity contribution in [1.29, 1.82) is 0 Å². The Balaban J connectivity index is 2.12. The number of hydrogen-bond acceptors (Lipinski definition) is 4. The van der Waals surface area contributed by atoms with Crippen LogP contribution in [0.3, 0.4) is 0 Å². The molecule has 0 radical (unpaired) electrons. The number of nitrogens with one attached hydrogen (secondary N) is 1. The Morgan fingerprint density at radius 3 is 2.88 bits per heavy atom. The van der Waals surface area contributed by atoms with E-state index in [2.05, 4.69) is 10.5 Å². The number of hydrogen-bond donors (Lipinski definition) is 2. The summed E-state index contributed by atoms with van der Waals surface area (Å²) < 4.78 is 4.98. The molecule has 1 heterocycles. The van der Waals surface area contributed by atoms with E-state index in [9.17, 15) is 0 Å². The van der Waals surface area contributed by atoms with E-state index in [4.69, 9.17) is 22.5 Å². The zero-order valence-electron chi connectivity index (χ0n) is 8.51. The Kier molecular flexibility index (Phi) is 3.16. The molecular formula is C11H11N3OS. The number of para-hydroxylation sites is 1. The van der Waals surface area contributed by atoms with Crippen molar-refractivity contribution >= 4 is 22.9 Å². The monoisotopic (exact) mass is 233 g/mol. The van der Waals surface area contributed by atoms with E-state index in [1.54, 1.807) is 12.3 Å². The van der Waals surface area contributed by atoms with Crippen LogP contribution in [0.5, 0.6) is 0 Å². The highest BCUT2D eigenvalue weighted by atomic mass is 32.1. The first kappa shape index (κ1) is 10.6. The van der Waals surface area contributed by atoms with E-state index < -0.39 is 0 Å². The van der Waals surface area contributed by atoms with Crippen LogP contribution in [0.15, 0.2) is 41.1 Å². The molecule has 0 saturated heterocycles. The maximum Gasteiger partial charge on any atom is 0.155 e. The fraction of sp³-hybridized carbons (Fsp3) is 0.0909. The summed E-state index contributed by atoms with van der Waals surface area (Å²) in [6, 6.07) is 9.42. The van der Waals surface area contributed by atoms with Crippen LogP contribution in [-0.4, -0.2) is 10.1 Å². The summed E-state index contributed by atoms with van der Waals surface area (Å²) in [5, 5.41) is 6.82. The van der Waals surface area contributed by atoms with E-state index in [1.165, 1.54) is 0 Å². The summed E-state index contributed by atoms with van der Waals surface area (Å²) in [7, 11) is 0. The summed E-state index contributed by atoms with van der Waals surface area (Å²) in [5.74, 6) is 0.762. The minimum absolute atomic E-state index is 0.376. The normalized spacial score (nSPS) is 10.0. The van der Waals surface area contributed by atoms with E-state index in [1.807, 2.05) is 24.3 Å². The Bertz CT molecular complexity index is 482. The molecule has 0 atom stereocenters. The third kappa shape index (κ3) is 2.38. The minimum Gasteiger partial charge on any atom is -0.389 e. The molecule has 1 aromatic heterocycles. The van der Waals surface area contributed by atoms with Gasteiger partial charge in [-0.05, 0) is 12.1 Å². The largest absolute Gasteiger partial charge is 0.389 e. The van der Waals surface area contributed by atoms with Crippen molar-refractivity contribution in [3.8, 4) is 0 Å². The maximum absolute atomic E-state index is 5.62. The molecule has 0 fully saturated rings.